The first-order chi connectivity index (χ1) is 7.06. The number of hydrogen-bond donors (Lipinski definition) is 0. The molecule has 1 aromatic carbocycles. The first-order valence-electron chi connectivity index (χ1n) is 5.06. The number of carbonyl (C=O) groups is 1. The van der Waals surface area contributed by atoms with E-state index < -0.39 is 0 Å². The lowest BCUT2D eigenvalue weighted by molar-refractivity contribution is -0.117. The molecule has 0 fully saturated rings. The lowest BCUT2D eigenvalue weighted by atomic mass is 10.1. The molecule has 0 aliphatic rings. The van der Waals surface area contributed by atoms with Crippen LogP contribution in [0.15, 0.2) is 24.3 Å². The van der Waals surface area contributed by atoms with Gasteiger partial charge in [-0.1, -0.05) is 35.0 Å². The molecular formula is C12H16BrNO. The quantitative estimate of drug-likeness (QED) is 0.773. The molecule has 0 saturated heterocycles. The van der Waals surface area contributed by atoms with Crippen LogP contribution in [0.2, 0.25) is 0 Å². The molecule has 0 radical (unpaired) electrons. The van der Waals surface area contributed by atoms with Crippen molar-refractivity contribution in [2.45, 2.75) is 25.1 Å². The predicted molar refractivity (Wildman–Crippen MR) is 67.6 cm³/mol. The first-order valence-corrected chi connectivity index (χ1v) is 5.98. The van der Waals surface area contributed by atoms with Crippen molar-refractivity contribution in [2.24, 2.45) is 0 Å². The second kappa shape index (κ2) is 5.31. The summed E-state index contributed by atoms with van der Waals surface area (Å²) in [4.78, 5) is 13.2. The molecule has 15 heavy (non-hydrogen) atoms. The zero-order chi connectivity index (χ0) is 11.4. The maximum atomic E-state index is 11.7. The van der Waals surface area contributed by atoms with Gasteiger partial charge in [0.05, 0.1) is 4.83 Å². The van der Waals surface area contributed by atoms with Gasteiger partial charge in [0, 0.05) is 12.7 Å². The number of aryl methyl sites for hydroxylation is 1. The summed E-state index contributed by atoms with van der Waals surface area (Å²) in [5.41, 5.74) is 2.22. The number of rotatable bonds is 3. The second-order valence-electron chi connectivity index (χ2n) is 3.53. The summed E-state index contributed by atoms with van der Waals surface area (Å²) >= 11 is 3.27. The smallest absolute Gasteiger partial charge is 0.240 e. The van der Waals surface area contributed by atoms with Crippen molar-refractivity contribution in [3.63, 3.8) is 0 Å². The van der Waals surface area contributed by atoms with Crippen LogP contribution in [0, 0.1) is 0 Å². The Labute approximate surface area is 99.4 Å². The summed E-state index contributed by atoms with van der Waals surface area (Å²) in [6, 6.07) is 8.06. The standard InChI is InChI=1S/C12H16BrNO/c1-4-10-5-7-11(8-6-10)14(3)12(15)9(2)13/h5-9H,4H2,1-3H3. The van der Waals surface area contributed by atoms with Crippen LogP contribution in [0.25, 0.3) is 0 Å². The van der Waals surface area contributed by atoms with Gasteiger partial charge in [0.2, 0.25) is 5.91 Å². The molecule has 0 heterocycles. The van der Waals surface area contributed by atoms with Crippen LogP contribution in [0.5, 0.6) is 0 Å². The van der Waals surface area contributed by atoms with E-state index in [9.17, 15) is 4.79 Å². The minimum Gasteiger partial charge on any atom is -0.315 e. The van der Waals surface area contributed by atoms with E-state index in [1.54, 1.807) is 11.9 Å². The Morgan fingerprint density at radius 1 is 1.40 bits per heavy atom. The molecule has 0 saturated carbocycles. The lowest BCUT2D eigenvalue weighted by Crippen LogP contribution is -2.31. The second-order valence-corrected chi connectivity index (χ2v) is 4.91. The molecule has 1 atom stereocenters. The van der Waals surface area contributed by atoms with Crippen LogP contribution in [0.3, 0.4) is 0 Å². The number of nitrogens with zero attached hydrogens (tertiary/aromatic N) is 1. The number of carbonyl (C=O) groups excluding carboxylic acids is 1. The van der Waals surface area contributed by atoms with E-state index in [-0.39, 0.29) is 10.7 Å². The Balaban J connectivity index is 2.82. The highest BCUT2D eigenvalue weighted by molar-refractivity contribution is 9.10. The highest BCUT2D eigenvalue weighted by atomic mass is 79.9. The molecule has 1 amide bonds. The fourth-order valence-corrected chi connectivity index (χ4v) is 1.66. The number of halogens is 1. The zero-order valence-electron chi connectivity index (χ0n) is 9.33. The topological polar surface area (TPSA) is 20.3 Å². The van der Waals surface area contributed by atoms with Gasteiger partial charge in [-0.05, 0) is 31.0 Å². The van der Waals surface area contributed by atoms with E-state index >= 15 is 0 Å². The van der Waals surface area contributed by atoms with Crippen molar-refractivity contribution < 1.29 is 4.79 Å². The Bertz CT molecular complexity index is 332. The van der Waals surface area contributed by atoms with Crippen LogP contribution in [0.4, 0.5) is 5.69 Å². The maximum absolute atomic E-state index is 11.7. The Morgan fingerprint density at radius 3 is 2.33 bits per heavy atom. The van der Waals surface area contributed by atoms with E-state index in [0.29, 0.717) is 0 Å². The largest absolute Gasteiger partial charge is 0.315 e. The monoisotopic (exact) mass is 269 g/mol. The van der Waals surface area contributed by atoms with Crippen LogP contribution in [-0.4, -0.2) is 17.8 Å². The number of benzene rings is 1. The van der Waals surface area contributed by atoms with Gasteiger partial charge < -0.3 is 4.90 Å². The third-order valence-electron chi connectivity index (χ3n) is 2.40. The van der Waals surface area contributed by atoms with Crippen molar-refractivity contribution in [3.05, 3.63) is 29.8 Å². The summed E-state index contributed by atoms with van der Waals surface area (Å²) in [7, 11) is 1.79. The SMILES string of the molecule is CCc1ccc(N(C)C(=O)C(C)Br)cc1. The molecule has 0 aliphatic carbocycles. The normalized spacial score (nSPS) is 12.3. The summed E-state index contributed by atoms with van der Waals surface area (Å²) in [6.45, 7) is 3.95. The van der Waals surface area contributed by atoms with E-state index in [0.717, 1.165) is 12.1 Å². The Morgan fingerprint density at radius 2 is 1.93 bits per heavy atom. The van der Waals surface area contributed by atoms with E-state index in [4.69, 9.17) is 0 Å². The third kappa shape index (κ3) is 3.06. The van der Waals surface area contributed by atoms with Gasteiger partial charge in [-0.3, -0.25) is 4.79 Å². The Kier molecular flexibility index (Phi) is 4.33. The number of anilines is 1. The van der Waals surface area contributed by atoms with E-state index in [1.165, 1.54) is 5.56 Å². The van der Waals surface area contributed by atoms with Crippen molar-refractivity contribution >= 4 is 27.5 Å². The number of amides is 1. The molecular weight excluding hydrogens is 254 g/mol. The molecule has 1 unspecified atom stereocenters. The summed E-state index contributed by atoms with van der Waals surface area (Å²) in [6.07, 6.45) is 1.02. The van der Waals surface area contributed by atoms with Gasteiger partial charge >= 0.3 is 0 Å². The van der Waals surface area contributed by atoms with Crippen LogP contribution in [0.1, 0.15) is 19.4 Å². The fraction of sp³-hybridized carbons (Fsp3) is 0.417. The predicted octanol–water partition coefficient (Wildman–Crippen LogP) is 3.00. The highest BCUT2D eigenvalue weighted by Crippen LogP contribution is 2.16. The van der Waals surface area contributed by atoms with Crippen molar-refractivity contribution in [1.29, 1.82) is 0 Å². The minimum atomic E-state index is -0.145. The molecule has 0 bridgehead atoms. The van der Waals surface area contributed by atoms with E-state index in [1.807, 2.05) is 19.1 Å². The van der Waals surface area contributed by atoms with Gasteiger partial charge in [0.25, 0.3) is 0 Å². The van der Waals surface area contributed by atoms with Crippen LogP contribution >= 0.6 is 15.9 Å². The Hall–Kier alpha value is -0.830. The lowest BCUT2D eigenvalue weighted by Gasteiger charge is -2.18. The molecule has 0 aliphatic heterocycles. The van der Waals surface area contributed by atoms with Crippen molar-refractivity contribution in [2.75, 3.05) is 11.9 Å². The third-order valence-corrected chi connectivity index (χ3v) is 2.79. The molecule has 82 valence electrons. The molecule has 1 aromatic rings. The summed E-state index contributed by atoms with van der Waals surface area (Å²) in [5.74, 6) is 0.0687. The van der Waals surface area contributed by atoms with Crippen LogP contribution < -0.4 is 4.90 Å². The average Bonchev–Trinajstić information content (AvgIpc) is 2.27. The van der Waals surface area contributed by atoms with E-state index in [2.05, 4.69) is 35.0 Å². The molecule has 1 rings (SSSR count). The van der Waals surface area contributed by atoms with Gasteiger partial charge in [0.15, 0.2) is 0 Å². The fourth-order valence-electron chi connectivity index (χ4n) is 1.35. The molecule has 0 spiro atoms. The average molecular weight is 270 g/mol. The minimum absolute atomic E-state index is 0.0687. The van der Waals surface area contributed by atoms with Crippen LogP contribution in [-0.2, 0) is 11.2 Å². The molecule has 0 N–H and O–H groups in total. The highest BCUT2D eigenvalue weighted by Gasteiger charge is 2.15. The van der Waals surface area contributed by atoms with Gasteiger partial charge in [-0.2, -0.15) is 0 Å². The summed E-state index contributed by atoms with van der Waals surface area (Å²) in [5, 5.41) is 0. The zero-order valence-corrected chi connectivity index (χ0v) is 10.9. The van der Waals surface area contributed by atoms with Gasteiger partial charge in [0.1, 0.15) is 0 Å². The molecule has 0 aromatic heterocycles. The van der Waals surface area contributed by atoms with Crippen molar-refractivity contribution in [3.8, 4) is 0 Å². The first kappa shape index (κ1) is 12.2. The maximum Gasteiger partial charge on any atom is 0.240 e. The van der Waals surface area contributed by atoms with Gasteiger partial charge in [-0.15, -0.1) is 0 Å². The number of hydrogen-bond acceptors (Lipinski definition) is 1. The van der Waals surface area contributed by atoms with Gasteiger partial charge in [-0.25, -0.2) is 0 Å². The molecule has 3 heteroatoms. The summed E-state index contributed by atoms with van der Waals surface area (Å²) < 4.78 is 0. The number of alkyl halides is 1. The van der Waals surface area contributed by atoms with Crippen molar-refractivity contribution in [1.82, 2.24) is 0 Å². The molecule has 2 nitrogen and oxygen atoms in total.